The van der Waals surface area contributed by atoms with E-state index in [9.17, 15) is 0 Å². The Balaban J connectivity index is 1.52. The molecule has 2 aliphatic rings. The maximum Gasteiger partial charge on any atom is 0.0650 e. The van der Waals surface area contributed by atoms with Crippen molar-refractivity contribution in [3.63, 3.8) is 0 Å². The first-order valence-corrected chi connectivity index (χ1v) is 5.99. The number of ether oxygens (including phenoxy) is 2. The van der Waals surface area contributed by atoms with Gasteiger partial charge in [-0.15, -0.1) is 0 Å². The third kappa shape index (κ3) is 3.93. The van der Waals surface area contributed by atoms with Crippen LogP contribution in [-0.2, 0) is 9.47 Å². The van der Waals surface area contributed by atoms with Gasteiger partial charge in [-0.2, -0.15) is 0 Å². The molecule has 86 valence electrons. The van der Waals surface area contributed by atoms with E-state index in [-0.39, 0.29) is 0 Å². The first kappa shape index (κ1) is 11.1. The van der Waals surface area contributed by atoms with E-state index in [2.05, 4.69) is 11.4 Å². The van der Waals surface area contributed by atoms with E-state index < -0.39 is 0 Å². The van der Waals surface area contributed by atoms with Gasteiger partial charge in [-0.25, -0.2) is 0 Å². The Morgan fingerprint density at radius 2 is 2.33 bits per heavy atom. The summed E-state index contributed by atoms with van der Waals surface area (Å²) in [6.45, 7) is 5.83. The molecule has 1 atom stereocenters. The van der Waals surface area contributed by atoms with Crippen LogP contribution in [0, 0.1) is 5.92 Å². The number of hydrogen-bond acceptors (Lipinski definition) is 3. The standard InChI is InChI=1S/C12H21NO2/c1(11-2-6-14-7-3-11)5-13-9-12-4-8-15-10-12/h2,12-13H,1,3-10H2. The zero-order valence-corrected chi connectivity index (χ0v) is 9.34. The molecule has 1 unspecified atom stereocenters. The van der Waals surface area contributed by atoms with E-state index in [1.807, 2.05) is 0 Å². The Bertz CT molecular complexity index is 210. The Morgan fingerprint density at radius 1 is 1.33 bits per heavy atom. The highest BCUT2D eigenvalue weighted by Gasteiger charge is 2.14. The van der Waals surface area contributed by atoms with Crippen LogP contribution in [0.4, 0.5) is 0 Å². The van der Waals surface area contributed by atoms with Crippen molar-refractivity contribution >= 4 is 0 Å². The van der Waals surface area contributed by atoms with Gasteiger partial charge in [0.1, 0.15) is 0 Å². The van der Waals surface area contributed by atoms with Crippen LogP contribution in [0.1, 0.15) is 19.3 Å². The second-order valence-electron chi connectivity index (χ2n) is 4.37. The molecule has 2 rings (SSSR count). The quantitative estimate of drug-likeness (QED) is 0.550. The average Bonchev–Trinajstić information content (AvgIpc) is 2.79. The first-order chi connectivity index (χ1) is 7.45. The van der Waals surface area contributed by atoms with Crippen molar-refractivity contribution in [1.29, 1.82) is 0 Å². The molecule has 2 heterocycles. The van der Waals surface area contributed by atoms with Gasteiger partial charge in [-0.3, -0.25) is 0 Å². The van der Waals surface area contributed by atoms with Gasteiger partial charge in [0.2, 0.25) is 0 Å². The van der Waals surface area contributed by atoms with Crippen molar-refractivity contribution < 1.29 is 9.47 Å². The maximum atomic E-state index is 5.34. The lowest BCUT2D eigenvalue weighted by molar-refractivity contribution is 0.153. The largest absolute Gasteiger partial charge is 0.381 e. The molecule has 0 amide bonds. The van der Waals surface area contributed by atoms with E-state index in [1.54, 1.807) is 5.57 Å². The lowest BCUT2D eigenvalue weighted by atomic mass is 10.1. The van der Waals surface area contributed by atoms with Crippen LogP contribution in [0.3, 0.4) is 0 Å². The van der Waals surface area contributed by atoms with Crippen molar-refractivity contribution in [1.82, 2.24) is 5.32 Å². The SMILES string of the molecule is C1=C(CCNCC2CCOC2)CCOC1. The summed E-state index contributed by atoms with van der Waals surface area (Å²) < 4.78 is 10.6. The molecule has 0 saturated carbocycles. The van der Waals surface area contributed by atoms with E-state index in [0.717, 1.165) is 51.9 Å². The smallest absolute Gasteiger partial charge is 0.0650 e. The summed E-state index contributed by atoms with van der Waals surface area (Å²) in [5.41, 5.74) is 1.55. The van der Waals surface area contributed by atoms with Gasteiger partial charge >= 0.3 is 0 Å². The maximum absolute atomic E-state index is 5.34. The highest BCUT2D eigenvalue weighted by Crippen LogP contribution is 2.12. The van der Waals surface area contributed by atoms with Crippen molar-refractivity contribution in [2.24, 2.45) is 5.92 Å². The van der Waals surface area contributed by atoms with Gasteiger partial charge < -0.3 is 14.8 Å². The van der Waals surface area contributed by atoms with E-state index in [1.165, 1.54) is 12.8 Å². The first-order valence-electron chi connectivity index (χ1n) is 5.99. The molecule has 0 aliphatic carbocycles. The molecule has 0 aromatic carbocycles. The molecule has 3 nitrogen and oxygen atoms in total. The molecule has 2 aliphatic heterocycles. The topological polar surface area (TPSA) is 30.5 Å². The van der Waals surface area contributed by atoms with Crippen molar-refractivity contribution in [2.45, 2.75) is 19.3 Å². The van der Waals surface area contributed by atoms with Gasteiger partial charge in [0, 0.05) is 13.2 Å². The summed E-state index contributed by atoms with van der Waals surface area (Å²) in [5.74, 6) is 0.744. The lowest BCUT2D eigenvalue weighted by Crippen LogP contribution is -2.24. The van der Waals surface area contributed by atoms with E-state index in [4.69, 9.17) is 9.47 Å². The zero-order valence-electron chi connectivity index (χ0n) is 9.34. The molecule has 15 heavy (non-hydrogen) atoms. The summed E-state index contributed by atoms with van der Waals surface area (Å²) in [5, 5.41) is 3.51. The van der Waals surface area contributed by atoms with Crippen LogP contribution >= 0.6 is 0 Å². The molecule has 0 aromatic heterocycles. The predicted octanol–water partition coefficient (Wildman–Crippen LogP) is 1.35. The highest BCUT2D eigenvalue weighted by molar-refractivity contribution is 5.04. The normalized spacial score (nSPS) is 26.7. The minimum atomic E-state index is 0.744. The van der Waals surface area contributed by atoms with Gasteiger partial charge in [0.15, 0.2) is 0 Å². The summed E-state index contributed by atoms with van der Waals surface area (Å²) in [6.07, 6.45) is 5.75. The summed E-state index contributed by atoms with van der Waals surface area (Å²) >= 11 is 0. The fourth-order valence-electron chi connectivity index (χ4n) is 2.09. The second-order valence-corrected chi connectivity index (χ2v) is 4.37. The molecule has 1 saturated heterocycles. The molecule has 0 radical (unpaired) electrons. The van der Waals surface area contributed by atoms with Crippen LogP contribution in [-0.4, -0.2) is 39.5 Å². The van der Waals surface area contributed by atoms with Crippen LogP contribution in [0.2, 0.25) is 0 Å². The van der Waals surface area contributed by atoms with Crippen molar-refractivity contribution in [3.8, 4) is 0 Å². The molecule has 1 fully saturated rings. The van der Waals surface area contributed by atoms with Gasteiger partial charge in [0.25, 0.3) is 0 Å². The van der Waals surface area contributed by atoms with Crippen LogP contribution in [0.15, 0.2) is 11.6 Å². The fraction of sp³-hybridized carbons (Fsp3) is 0.833. The summed E-state index contributed by atoms with van der Waals surface area (Å²) in [6, 6.07) is 0. The number of rotatable bonds is 5. The Hall–Kier alpha value is -0.380. The second kappa shape index (κ2) is 6.26. The molecule has 0 aromatic rings. The Kier molecular flexibility index (Phi) is 4.64. The molecule has 0 bridgehead atoms. The van der Waals surface area contributed by atoms with E-state index in [0.29, 0.717) is 0 Å². The van der Waals surface area contributed by atoms with Crippen molar-refractivity contribution in [2.75, 3.05) is 39.5 Å². The lowest BCUT2D eigenvalue weighted by Gasteiger charge is -2.14. The minimum Gasteiger partial charge on any atom is -0.381 e. The summed E-state index contributed by atoms with van der Waals surface area (Å²) in [7, 11) is 0. The molecular weight excluding hydrogens is 190 g/mol. The van der Waals surface area contributed by atoms with Gasteiger partial charge in [-0.1, -0.05) is 11.6 Å². The molecule has 0 spiro atoms. The number of hydrogen-bond donors (Lipinski definition) is 1. The van der Waals surface area contributed by atoms with Crippen LogP contribution in [0.5, 0.6) is 0 Å². The van der Waals surface area contributed by atoms with Crippen LogP contribution in [0.25, 0.3) is 0 Å². The number of nitrogens with one attached hydrogen (secondary N) is 1. The van der Waals surface area contributed by atoms with Crippen LogP contribution < -0.4 is 5.32 Å². The average molecular weight is 211 g/mol. The molecule has 1 N–H and O–H groups in total. The predicted molar refractivity (Wildman–Crippen MR) is 59.9 cm³/mol. The molecule has 3 heteroatoms. The van der Waals surface area contributed by atoms with E-state index >= 15 is 0 Å². The zero-order chi connectivity index (χ0) is 10.3. The Labute approximate surface area is 91.8 Å². The molecular formula is C12H21NO2. The summed E-state index contributed by atoms with van der Waals surface area (Å²) in [4.78, 5) is 0. The van der Waals surface area contributed by atoms with Gasteiger partial charge in [-0.05, 0) is 31.7 Å². The van der Waals surface area contributed by atoms with Gasteiger partial charge in [0.05, 0.1) is 19.8 Å². The Morgan fingerprint density at radius 3 is 3.07 bits per heavy atom. The van der Waals surface area contributed by atoms with Crippen molar-refractivity contribution in [3.05, 3.63) is 11.6 Å². The monoisotopic (exact) mass is 211 g/mol. The minimum absolute atomic E-state index is 0.744. The third-order valence-electron chi connectivity index (χ3n) is 3.14. The fourth-order valence-corrected chi connectivity index (χ4v) is 2.09. The highest BCUT2D eigenvalue weighted by atomic mass is 16.5. The third-order valence-corrected chi connectivity index (χ3v) is 3.14.